The molecule has 4 rings (SSSR count). The smallest absolute Gasteiger partial charge is 0.388 e. The molecule has 1 saturated heterocycles. The Kier molecular flexibility index (Phi) is 11.4. The number of hydrogen-bond acceptors (Lipinski definition) is 4. The molecule has 0 aliphatic carbocycles. The molecule has 0 amide bonds. The van der Waals surface area contributed by atoms with Gasteiger partial charge in [0, 0.05) is 42.6 Å². The van der Waals surface area contributed by atoms with Crippen LogP contribution in [0, 0.1) is 11.8 Å². The number of benzene rings is 2. The van der Waals surface area contributed by atoms with Crippen molar-refractivity contribution in [2.75, 3.05) is 30.8 Å². The van der Waals surface area contributed by atoms with Gasteiger partial charge in [-0.3, -0.25) is 9.88 Å². The van der Waals surface area contributed by atoms with Crippen molar-refractivity contribution in [3.8, 4) is 0 Å². The fraction of sp³-hybridized carbons (Fsp3) is 0.419. The summed E-state index contributed by atoms with van der Waals surface area (Å²) in [6, 6.07) is 10.3. The molecule has 0 radical (unpaired) electrons. The number of hydrogen-bond donors (Lipinski definition) is 2. The fourth-order valence-corrected chi connectivity index (χ4v) is 5.32. The van der Waals surface area contributed by atoms with E-state index in [2.05, 4.69) is 65.2 Å². The number of rotatable bonds is 8. The van der Waals surface area contributed by atoms with Crippen LogP contribution in [0.4, 0.5) is 37.7 Å². The van der Waals surface area contributed by atoms with Crippen LogP contribution in [0.1, 0.15) is 43.4 Å². The van der Waals surface area contributed by atoms with Gasteiger partial charge in [-0.1, -0.05) is 32.1 Å². The number of aromatic nitrogens is 1. The van der Waals surface area contributed by atoms with Crippen LogP contribution in [0.5, 0.6) is 0 Å². The van der Waals surface area contributed by atoms with Gasteiger partial charge in [0.25, 0.3) is 0 Å². The number of nitrogens with one attached hydrogen (secondary N) is 2. The summed E-state index contributed by atoms with van der Waals surface area (Å²) in [5, 5.41) is 6.59. The van der Waals surface area contributed by atoms with Crippen molar-refractivity contribution < 1.29 is 26.3 Å². The predicted molar refractivity (Wildman–Crippen MR) is 162 cm³/mol. The second-order valence-corrected chi connectivity index (χ2v) is 10.7. The van der Waals surface area contributed by atoms with Gasteiger partial charge in [-0.25, -0.2) is 0 Å². The highest BCUT2D eigenvalue weighted by Crippen LogP contribution is 2.37. The maximum atomic E-state index is 12.3. The Balaban J connectivity index is 0.000000260. The molecule has 2 aromatic carbocycles. The molecule has 0 bridgehead atoms. The quantitative estimate of drug-likeness (QED) is 0.152. The van der Waals surface area contributed by atoms with Crippen molar-refractivity contribution in [1.82, 2.24) is 9.88 Å². The highest BCUT2D eigenvalue weighted by molar-refractivity contribution is 7.79. The number of nitrogens with zero attached hydrogens (tertiary/aromatic N) is 2. The molecule has 1 fully saturated rings. The first kappa shape index (κ1) is 33.3. The maximum absolute atomic E-state index is 12.3. The number of alkyl halides is 6. The van der Waals surface area contributed by atoms with Crippen molar-refractivity contribution in [3.63, 3.8) is 0 Å². The van der Waals surface area contributed by atoms with Crippen LogP contribution < -0.4 is 10.6 Å². The third-order valence-corrected chi connectivity index (χ3v) is 7.85. The largest absolute Gasteiger partial charge is 0.416 e. The Bertz CT molecular complexity index is 1330. The Morgan fingerprint density at radius 3 is 2.26 bits per heavy atom. The minimum Gasteiger partial charge on any atom is -0.388 e. The topological polar surface area (TPSA) is 40.2 Å². The molecule has 228 valence electrons. The Morgan fingerprint density at radius 1 is 1.05 bits per heavy atom. The number of anilines is 2. The van der Waals surface area contributed by atoms with Crippen molar-refractivity contribution in [2.24, 2.45) is 11.8 Å². The van der Waals surface area contributed by atoms with Gasteiger partial charge in [0.05, 0.1) is 22.1 Å². The summed E-state index contributed by atoms with van der Waals surface area (Å²) in [6.45, 7) is 11.0. The molecular weight excluding hydrogens is 574 g/mol. The fourth-order valence-electron chi connectivity index (χ4n) is 5.19. The molecule has 1 aliphatic heterocycles. The lowest BCUT2D eigenvalue weighted by atomic mass is 9.85. The number of likely N-dealkylation sites (tertiary alicyclic amines) is 1. The Hall–Kier alpha value is -3.18. The van der Waals surface area contributed by atoms with Gasteiger partial charge in [0.2, 0.25) is 0 Å². The van der Waals surface area contributed by atoms with Crippen molar-refractivity contribution >= 4 is 40.0 Å². The molecule has 1 aromatic heterocycles. The normalized spacial score (nSPS) is 18.5. The molecule has 0 spiro atoms. The summed E-state index contributed by atoms with van der Waals surface area (Å²) in [6.07, 6.45) is -2.06. The molecule has 1 aliphatic rings. The summed E-state index contributed by atoms with van der Waals surface area (Å²) in [7, 11) is 1.25. The summed E-state index contributed by atoms with van der Waals surface area (Å²) in [5.74, 6) is 1.34. The van der Waals surface area contributed by atoms with E-state index in [1.807, 2.05) is 12.3 Å². The van der Waals surface area contributed by atoms with Gasteiger partial charge < -0.3 is 10.6 Å². The van der Waals surface area contributed by atoms with Gasteiger partial charge in [0.1, 0.15) is 0 Å². The van der Waals surface area contributed by atoms with E-state index in [1.54, 1.807) is 5.49 Å². The second kappa shape index (κ2) is 14.3. The minimum atomic E-state index is -4.80. The van der Waals surface area contributed by atoms with Crippen LogP contribution in [0.15, 0.2) is 61.3 Å². The number of halogens is 6. The van der Waals surface area contributed by atoms with Crippen LogP contribution >= 0.6 is 12.2 Å². The lowest BCUT2D eigenvalue weighted by molar-refractivity contribution is -0.143. The third kappa shape index (κ3) is 8.67. The highest BCUT2D eigenvalue weighted by Gasteiger charge is 2.36. The van der Waals surface area contributed by atoms with E-state index in [1.165, 1.54) is 31.0 Å². The first-order valence-electron chi connectivity index (χ1n) is 13.7. The van der Waals surface area contributed by atoms with Crippen molar-refractivity contribution in [1.29, 1.82) is 0 Å². The van der Waals surface area contributed by atoms with E-state index in [0.29, 0.717) is 24.1 Å². The summed E-state index contributed by atoms with van der Waals surface area (Å²) in [4.78, 5) is 7.20. The zero-order valence-electron chi connectivity index (χ0n) is 23.8. The van der Waals surface area contributed by atoms with Crippen molar-refractivity contribution in [2.45, 2.75) is 51.5 Å². The molecule has 3 atom stereocenters. The highest BCUT2D eigenvalue weighted by atomic mass is 32.1. The SMILES string of the molecule is C=CC1CN(C(CC)Cc2ccnc3ccc(NC=S)cc23)CCC1C.CNc1cc(C(F)(F)F)cc(C(F)(F)F)c1. The number of piperidine rings is 1. The first-order chi connectivity index (χ1) is 19.8. The minimum absolute atomic E-state index is 0.0842. The number of thiocarbonyl (C=S) groups is 1. The average Bonchev–Trinajstić information content (AvgIpc) is 2.95. The molecule has 0 saturated carbocycles. The van der Waals surface area contributed by atoms with Crippen LogP contribution in [-0.4, -0.2) is 41.6 Å². The van der Waals surface area contributed by atoms with Gasteiger partial charge >= 0.3 is 12.4 Å². The molecule has 2 N–H and O–H groups in total. The van der Waals surface area contributed by atoms with Gasteiger partial charge in [0.15, 0.2) is 0 Å². The van der Waals surface area contributed by atoms with Crippen LogP contribution in [0.25, 0.3) is 10.9 Å². The van der Waals surface area contributed by atoms with E-state index in [-0.39, 0.29) is 11.8 Å². The zero-order valence-corrected chi connectivity index (χ0v) is 24.6. The average molecular weight is 611 g/mol. The summed E-state index contributed by atoms with van der Waals surface area (Å²) in [5.41, 5.74) is 2.09. The summed E-state index contributed by atoms with van der Waals surface area (Å²) < 4.78 is 73.7. The Morgan fingerprint density at radius 2 is 1.71 bits per heavy atom. The van der Waals surface area contributed by atoms with E-state index in [0.717, 1.165) is 36.5 Å². The summed E-state index contributed by atoms with van der Waals surface area (Å²) >= 11 is 4.93. The lowest BCUT2D eigenvalue weighted by Gasteiger charge is -2.40. The van der Waals surface area contributed by atoms with Crippen molar-refractivity contribution in [3.05, 3.63) is 78.0 Å². The lowest BCUT2D eigenvalue weighted by Crippen LogP contribution is -2.45. The number of pyridine rings is 1. The monoisotopic (exact) mass is 610 g/mol. The van der Waals surface area contributed by atoms with Gasteiger partial charge in [-0.15, -0.1) is 6.58 Å². The van der Waals surface area contributed by atoms with E-state index < -0.39 is 23.5 Å². The molecule has 2 heterocycles. The first-order valence-corrected chi connectivity index (χ1v) is 14.2. The van der Waals surface area contributed by atoms with E-state index in [9.17, 15) is 26.3 Å². The molecule has 4 nitrogen and oxygen atoms in total. The molecule has 42 heavy (non-hydrogen) atoms. The van der Waals surface area contributed by atoms with Crippen LogP contribution in [0.2, 0.25) is 0 Å². The Labute approximate surface area is 248 Å². The standard InChI is InChI=1S/C22H29N3S.C9H7F6N/c1-4-17-14-25(11-9-16(17)3)20(5-2)12-18-8-10-23-22-7-6-19(24-15-26)13-21(18)22;1-16-7-3-5(8(10,11)12)2-6(4-7)9(13,14)15/h4,6-8,10,13,15-17,20H,1,5,9,11-12,14H2,2-3H3,(H,24,26);2-4,16H,1H3. The van der Waals surface area contributed by atoms with E-state index in [4.69, 9.17) is 12.2 Å². The van der Waals surface area contributed by atoms with E-state index >= 15 is 0 Å². The molecule has 3 aromatic rings. The predicted octanol–water partition coefficient (Wildman–Crippen LogP) is 8.83. The van der Waals surface area contributed by atoms with Gasteiger partial charge in [-0.2, -0.15) is 26.3 Å². The zero-order chi connectivity index (χ0) is 31.1. The second-order valence-electron chi connectivity index (χ2n) is 10.4. The molecule has 3 unspecified atom stereocenters. The van der Waals surface area contributed by atoms with Crippen LogP contribution in [0.3, 0.4) is 0 Å². The maximum Gasteiger partial charge on any atom is 0.416 e. The van der Waals surface area contributed by atoms with Crippen LogP contribution in [-0.2, 0) is 18.8 Å². The number of fused-ring (bicyclic) bond motifs is 1. The third-order valence-electron chi connectivity index (χ3n) is 7.73. The molecule has 11 heteroatoms. The van der Waals surface area contributed by atoms with Gasteiger partial charge in [-0.05, 0) is 85.7 Å². The molecular formula is C31H36F6N4S.